The monoisotopic (exact) mass is 231 g/mol. The van der Waals surface area contributed by atoms with Gasteiger partial charge in [0.25, 0.3) is 0 Å². The molecule has 0 spiro atoms. The SMILES string of the molecule is COC(=O)CC=Cc1cccc2c1CCNC2. The van der Waals surface area contributed by atoms with Gasteiger partial charge in [0.2, 0.25) is 0 Å². The summed E-state index contributed by atoms with van der Waals surface area (Å²) in [7, 11) is 1.41. The molecule has 0 saturated carbocycles. The lowest BCUT2D eigenvalue weighted by molar-refractivity contribution is -0.139. The van der Waals surface area contributed by atoms with Crippen LogP contribution in [0.1, 0.15) is 23.1 Å². The molecule has 2 rings (SSSR count). The number of fused-ring (bicyclic) bond motifs is 1. The van der Waals surface area contributed by atoms with Crippen LogP contribution >= 0.6 is 0 Å². The second kappa shape index (κ2) is 5.64. The third kappa shape index (κ3) is 2.94. The average Bonchev–Trinajstić information content (AvgIpc) is 2.39. The van der Waals surface area contributed by atoms with Crippen LogP contribution < -0.4 is 5.32 Å². The number of rotatable bonds is 3. The largest absolute Gasteiger partial charge is 0.469 e. The summed E-state index contributed by atoms with van der Waals surface area (Å²) in [5, 5.41) is 3.35. The van der Waals surface area contributed by atoms with Gasteiger partial charge in [-0.25, -0.2) is 0 Å². The number of esters is 1. The van der Waals surface area contributed by atoms with Crippen LogP contribution in [-0.2, 0) is 22.5 Å². The molecular formula is C14H17NO2. The number of benzene rings is 1. The average molecular weight is 231 g/mol. The molecule has 1 aromatic rings. The van der Waals surface area contributed by atoms with E-state index < -0.39 is 0 Å². The Balaban J connectivity index is 2.13. The topological polar surface area (TPSA) is 38.3 Å². The molecule has 1 aliphatic heterocycles. The van der Waals surface area contributed by atoms with Gasteiger partial charge in [-0.3, -0.25) is 4.79 Å². The van der Waals surface area contributed by atoms with E-state index in [1.807, 2.05) is 12.2 Å². The highest BCUT2D eigenvalue weighted by atomic mass is 16.5. The van der Waals surface area contributed by atoms with Crippen molar-refractivity contribution in [3.05, 3.63) is 41.0 Å². The highest BCUT2D eigenvalue weighted by Gasteiger charge is 2.10. The van der Waals surface area contributed by atoms with E-state index in [0.29, 0.717) is 6.42 Å². The summed E-state index contributed by atoms with van der Waals surface area (Å²) >= 11 is 0. The van der Waals surface area contributed by atoms with Crippen molar-refractivity contribution in [1.29, 1.82) is 0 Å². The number of ether oxygens (including phenoxy) is 1. The van der Waals surface area contributed by atoms with Crippen molar-refractivity contribution >= 4 is 12.0 Å². The van der Waals surface area contributed by atoms with Gasteiger partial charge in [-0.1, -0.05) is 30.4 Å². The smallest absolute Gasteiger partial charge is 0.309 e. The third-order valence-electron chi connectivity index (χ3n) is 2.99. The van der Waals surface area contributed by atoms with Crippen LogP contribution in [0.25, 0.3) is 6.08 Å². The Kier molecular flexibility index (Phi) is 3.94. The first-order valence-electron chi connectivity index (χ1n) is 5.86. The first-order valence-corrected chi connectivity index (χ1v) is 5.86. The highest BCUT2D eigenvalue weighted by molar-refractivity contribution is 5.72. The zero-order valence-electron chi connectivity index (χ0n) is 10.0. The van der Waals surface area contributed by atoms with Crippen molar-refractivity contribution in [2.45, 2.75) is 19.4 Å². The van der Waals surface area contributed by atoms with Crippen molar-refractivity contribution in [2.24, 2.45) is 0 Å². The van der Waals surface area contributed by atoms with E-state index in [1.54, 1.807) is 0 Å². The molecule has 3 heteroatoms. The number of methoxy groups -OCH3 is 1. The van der Waals surface area contributed by atoms with Gasteiger partial charge in [0.05, 0.1) is 13.5 Å². The molecule has 17 heavy (non-hydrogen) atoms. The van der Waals surface area contributed by atoms with Crippen LogP contribution in [0.15, 0.2) is 24.3 Å². The molecule has 1 N–H and O–H groups in total. The zero-order chi connectivity index (χ0) is 12.1. The molecule has 0 unspecified atom stereocenters. The fourth-order valence-corrected chi connectivity index (χ4v) is 2.08. The number of carbonyl (C=O) groups excluding carboxylic acids is 1. The minimum absolute atomic E-state index is 0.201. The van der Waals surface area contributed by atoms with Crippen LogP contribution in [0.2, 0.25) is 0 Å². The molecule has 0 amide bonds. The van der Waals surface area contributed by atoms with E-state index in [4.69, 9.17) is 0 Å². The van der Waals surface area contributed by atoms with Crippen molar-refractivity contribution in [3.63, 3.8) is 0 Å². The molecule has 1 aromatic carbocycles. The van der Waals surface area contributed by atoms with E-state index in [0.717, 1.165) is 19.5 Å². The van der Waals surface area contributed by atoms with Crippen molar-refractivity contribution in [2.75, 3.05) is 13.7 Å². The van der Waals surface area contributed by atoms with E-state index in [1.165, 1.54) is 23.8 Å². The number of hydrogen-bond acceptors (Lipinski definition) is 3. The normalized spacial score (nSPS) is 14.6. The lowest BCUT2D eigenvalue weighted by Gasteiger charge is -2.18. The minimum Gasteiger partial charge on any atom is -0.469 e. The Morgan fingerprint density at radius 3 is 3.24 bits per heavy atom. The summed E-state index contributed by atoms with van der Waals surface area (Å²) in [6.45, 7) is 1.96. The van der Waals surface area contributed by atoms with Gasteiger partial charge in [-0.2, -0.15) is 0 Å². The van der Waals surface area contributed by atoms with E-state index in [9.17, 15) is 4.79 Å². The molecule has 0 bridgehead atoms. The van der Waals surface area contributed by atoms with E-state index in [2.05, 4.69) is 28.3 Å². The van der Waals surface area contributed by atoms with E-state index in [-0.39, 0.29) is 5.97 Å². The molecule has 0 aliphatic carbocycles. The number of carbonyl (C=O) groups is 1. The summed E-state index contributed by atoms with van der Waals surface area (Å²) < 4.78 is 4.60. The second-order valence-corrected chi connectivity index (χ2v) is 4.09. The van der Waals surface area contributed by atoms with Crippen molar-refractivity contribution < 1.29 is 9.53 Å². The first kappa shape index (κ1) is 11.9. The minimum atomic E-state index is -0.201. The lowest BCUT2D eigenvalue weighted by Crippen LogP contribution is -2.24. The van der Waals surface area contributed by atoms with Gasteiger partial charge in [0, 0.05) is 6.54 Å². The molecular weight excluding hydrogens is 214 g/mol. The Labute approximate surface area is 101 Å². The van der Waals surface area contributed by atoms with Gasteiger partial charge >= 0.3 is 5.97 Å². The Morgan fingerprint density at radius 1 is 1.53 bits per heavy atom. The molecule has 90 valence electrons. The van der Waals surface area contributed by atoms with Gasteiger partial charge in [0.15, 0.2) is 0 Å². The van der Waals surface area contributed by atoms with Crippen LogP contribution in [0.4, 0.5) is 0 Å². The summed E-state index contributed by atoms with van der Waals surface area (Å²) in [5.41, 5.74) is 3.97. The fourth-order valence-electron chi connectivity index (χ4n) is 2.08. The van der Waals surface area contributed by atoms with Crippen LogP contribution in [0.5, 0.6) is 0 Å². The molecule has 0 radical (unpaired) electrons. The molecule has 3 nitrogen and oxygen atoms in total. The van der Waals surface area contributed by atoms with Gasteiger partial charge in [-0.05, 0) is 29.7 Å². The molecule has 1 aliphatic rings. The molecule has 0 atom stereocenters. The van der Waals surface area contributed by atoms with Crippen LogP contribution in [-0.4, -0.2) is 19.6 Å². The molecule has 1 heterocycles. The lowest BCUT2D eigenvalue weighted by atomic mass is 9.95. The van der Waals surface area contributed by atoms with Gasteiger partial charge in [0.1, 0.15) is 0 Å². The number of nitrogens with one attached hydrogen (secondary N) is 1. The summed E-state index contributed by atoms with van der Waals surface area (Å²) in [6.07, 6.45) is 5.26. The molecule has 0 saturated heterocycles. The van der Waals surface area contributed by atoms with Crippen LogP contribution in [0.3, 0.4) is 0 Å². The maximum absolute atomic E-state index is 11.0. The zero-order valence-corrected chi connectivity index (χ0v) is 10.0. The Hall–Kier alpha value is -1.61. The van der Waals surface area contributed by atoms with E-state index >= 15 is 0 Å². The van der Waals surface area contributed by atoms with Crippen molar-refractivity contribution in [1.82, 2.24) is 5.32 Å². The first-order chi connectivity index (χ1) is 8.31. The van der Waals surface area contributed by atoms with Gasteiger partial charge in [-0.15, -0.1) is 0 Å². The predicted molar refractivity (Wildman–Crippen MR) is 67.5 cm³/mol. The Morgan fingerprint density at radius 2 is 2.41 bits per heavy atom. The van der Waals surface area contributed by atoms with Crippen LogP contribution in [0, 0.1) is 0 Å². The predicted octanol–water partition coefficient (Wildman–Crippen LogP) is 1.91. The third-order valence-corrected chi connectivity index (χ3v) is 2.99. The van der Waals surface area contributed by atoms with Crippen molar-refractivity contribution in [3.8, 4) is 0 Å². The van der Waals surface area contributed by atoms with Gasteiger partial charge < -0.3 is 10.1 Å². The number of hydrogen-bond donors (Lipinski definition) is 1. The Bertz CT molecular complexity index is 438. The summed E-state index contributed by atoms with van der Waals surface area (Å²) in [5.74, 6) is -0.201. The fraction of sp³-hybridized carbons (Fsp3) is 0.357. The second-order valence-electron chi connectivity index (χ2n) is 4.09. The molecule has 0 fully saturated rings. The maximum Gasteiger partial charge on any atom is 0.309 e. The standard InChI is InChI=1S/C14H17NO2/c1-17-14(16)7-3-5-11-4-2-6-12-10-15-9-8-13(11)12/h2-6,15H,7-10H2,1H3. The highest BCUT2D eigenvalue weighted by Crippen LogP contribution is 2.19. The summed E-state index contributed by atoms with van der Waals surface area (Å²) in [6, 6.07) is 6.31. The quantitative estimate of drug-likeness (QED) is 0.808. The maximum atomic E-state index is 11.0. The molecule has 0 aromatic heterocycles. The summed E-state index contributed by atoms with van der Waals surface area (Å²) in [4.78, 5) is 11.0.